The largest absolute Gasteiger partial charge is 0.249 e. The van der Waals surface area contributed by atoms with Gasteiger partial charge in [-0.3, -0.25) is 0 Å². The van der Waals surface area contributed by atoms with E-state index in [1.807, 2.05) is 6.92 Å². The van der Waals surface area contributed by atoms with Crippen molar-refractivity contribution in [2.45, 2.75) is 26.3 Å². The molecule has 0 aliphatic carbocycles. The molecule has 1 aromatic heterocycles. The van der Waals surface area contributed by atoms with E-state index in [1.54, 1.807) is 4.68 Å². The van der Waals surface area contributed by atoms with Crippen LogP contribution in [0.1, 0.15) is 22.4 Å². The molecule has 0 saturated carbocycles. The molecule has 1 aromatic carbocycles. The van der Waals surface area contributed by atoms with Crippen molar-refractivity contribution in [3.8, 4) is 0 Å². The second-order valence-electron chi connectivity index (χ2n) is 4.13. The normalized spacial score (nSPS) is 10.8. The van der Waals surface area contributed by atoms with Gasteiger partial charge >= 0.3 is 0 Å². The standard InChI is InChI=1S/C13H14Cl2N2/c1-9-3-5-11(6-4-9)8-17-13(15)12(7-14)10(2)16-17/h3-6H,7-8H2,1-2H3. The predicted molar refractivity (Wildman–Crippen MR) is 71.8 cm³/mol. The molecular weight excluding hydrogens is 255 g/mol. The molecule has 0 fully saturated rings. The van der Waals surface area contributed by atoms with Gasteiger partial charge in [-0.2, -0.15) is 5.10 Å². The van der Waals surface area contributed by atoms with Gasteiger partial charge in [0.25, 0.3) is 0 Å². The zero-order valence-electron chi connectivity index (χ0n) is 9.87. The lowest BCUT2D eigenvalue weighted by Gasteiger charge is -2.04. The molecule has 4 heteroatoms. The Morgan fingerprint density at radius 2 is 1.82 bits per heavy atom. The molecule has 90 valence electrons. The minimum Gasteiger partial charge on any atom is -0.249 e. The first-order valence-electron chi connectivity index (χ1n) is 5.45. The maximum absolute atomic E-state index is 6.23. The Labute approximate surface area is 111 Å². The van der Waals surface area contributed by atoms with Crippen molar-refractivity contribution in [2.24, 2.45) is 0 Å². The van der Waals surface area contributed by atoms with Crippen LogP contribution in [0.25, 0.3) is 0 Å². The van der Waals surface area contributed by atoms with Crippen LogP contribution in [0.15, 0.2) is 24.3 Å². The molecule has 2 aromatic rings. The molecule has 0 aliphatic rings. The summed E-state index contributed by atoms with van der Waals surface area (Å²) in [6.07, 6.45) is 0. The molecule has 0 atom stereocenters. The summed E-state index contributed by atoms with van der Waals surface area (Å²) < 4.78 is 1.79. The van der Waals surface area contributed by atoms with Gasteiger partial charge in [0.1, 0.15) is 5.15 Å². The van der Waals surface area contributed by atoms with E-state index in [4.69, 9.17) is 23.2 Å². The number of alkyl halides is 1. The summed E-state index contributed by atoms with van der Waals surface area (Å²) in [5.41, 5.74) is 4.25. The molecule has 0 aliphatic heterocycles. The topological polar surface area (TPSA) is 17.8 Å². The molecule has 0 unspecified atom stereocenters. The Bertz CT molecular complexity index is 515. The number of nitrogens with zero attached hydrogens (tertiary/aromatic N) is 2. The highest BCUT2D eigenvalue weighted by Gasteiger charge is 2.12. The first kappa shape index (κ1) is 12.5. The van der Waals surface area contributed by atoms with Gasteiger partial charge in [-0.25, -0.2) is 4.68 Å². The maximum atomic E-state index is 6.23. The lowest BCUT2D eigenvalue weighted by Crippen LogP contribution is -2.02. The molecule has 17 heavy (non-hydrogen) atoms. The quantitative estimate of drug-likeness (QED) is 0.772. The smallest absolute Gasteiger partial charge is 0.132 e. The average molecular weight is 269 g/mol. The van der Waals surface area contributed by atoms with Crippen molar-refractivity contribution in [1.82, 2.24) is 9.78 Å². The van der Waals surface area contributed by atoms with E-state index in [1.165, 1.54) is 11.1 Å². The summed E-state index contributed by atoms with van der Waals surface area (Å²) in [5.74, 6) is 0.401. The first-order chi connectivity index (χ1) is 8.11. The van der Waals surface area contributed by atoms with Gasteiger partial charge in [-0.05, 0) is 19.4 Å². The first-order valence-corrected chi connectivity index (χ1v) is 6.36. The summed E-state index contributed by atoms with van der Waals surface area (Å²) >= 11 is 12.1. The van der Waals surface area contributed by atoms with Crippen LogP contribution in [-0.4, -0.2) is 9.78 Å². The Balaban J connectivity index is 2.27. The molecule has 2 rings (SSSR count). The lowest BCUT2D eigenvalue weighted by molar-refractivity contribution is 0.680. The summed E-state index contributed by atoms with van der Waals surface area (Å²) in [6, 6.07) is 8.34. The molecular formula is C13H14Cl2N2. The van der Waals surface area contributed by atoms with Crippen LogP contribution in [0, 0.1) is 13.8 Å². The number of halogens is 2. The zero-order valence-corrected chi connectivity index (χ0v) is 11.4. The Morgan fingerprint density at radius 1 is 1.18 bits per heavy atom. The number of hydrogen-bond acceptors (Lipinski definition) is 1. The van der Waals surface area contributed by atoms with Crippen LogP contribution >= 0.6 is 23.2 Å². The third-order valence-corrected chi connectivity index (χ3v) is 3.46. The Kier molecular flexibility index (Phi) is 3.75. The van der Waals surface area contributed by atoms with E-state index in [-0.39, 0.29) is 0 Å². The molecule has 0 radical (unpaired) electrons. The predicted octanol–water partition coefficient (Wildman–Crippen LogP) is 3.94. The van der Waals surface area contributed by atoms with E-state index in [9.17, 15) is 0 Å². The van der Waals surface area contributed by atoms with Crippen molar-refractivity contribution >= 4 is 23.2 Å². The highest BCUT2D eigenvalue weighted by atomic mass is 35.5. The van der Waals surface area contributed by atoms with Gasteiger partial charge in [-0.1, -0.05) is 41.4 Å². The number of benzene rings is 1. The number of hydrogen-bond donors (Lipinski definition) is 0. The summed E-state index contributed by atoms with van der Waals surface area (Å²) in [4.78, 5) is 0. The third kappa shape index (κ3) is 2.64. The van der Waals surface area contributed by atoms with Crippen molar-refractivity contribution in [3.63, 3.8) is 0 Å². The maximum Gasteiger partial charge on any atom is 0.132 e. The third-order valence-electron chi connectivity index (χ3n) is 2.77. The van der Waals surface area contributed by atoms with Gasteiger partial charge in [0, 0.05) is 5.56 Å². The number of aromatic nitrogens is 2. The van der Waals surface area contributed by atoms with Crippen molar-refractivity contribution in [1.29, 1.82) is 0 Å². The van der Waals surface area contributed by atoms with Crippen LogP contribution in [0.5, 0.6) is 0 Å². The van der Waals surface area contributed by atoms with E-state index in [0.717, 1.165) is 11.3 Å². The molecule has 0 bridgehead atoms. The van der Waals surface area contributed by atoms with Crippen LogP contribution in [0.4, 0.5) is 0 Å². The molecule has 0 spiro atoms. The second-order valence-corrected chi connectivity index (χ2v) is 4.76. The van der Waals surface area contributed by atoms with E-state index in [0.29, 0.717) is 17.6 Å². The molecule has 0 amide bonds. The van der Waals surface area contributed by atoms with Crippen LogP contribution in [0.2, 0.25) is 5.15 Å². The molecule has 0 saturated heterocycles. The van der Waals surface area contributed by atoms with Crippen molar-refractivity contribution < 1.29 is 0 Å². The summed E-state index contributed by atoms with van der Waals surface area (Å²) in [5, 5.41) is 5.04. The van der Waals surface area contributed by atoms with Gasteiger partial charge in [-0.15, -0.1) is 11.6 Å². The van der Waals surface area contributed by atoms with E-state index >= 15 is 0 Å². The van der Waals surface area contributed by atoms with Crippen LogP contribution < -0.4 is 0 Å². The van der Waals surface area contributed by atoms with Crippen molar-refractivity contribution in [3.05, 3.63) is 51.8 Å². The monoisotopic (exact) mass is 268 g/mol. The van der Waals surface area contributed by atoms with E-state index in [2.05, 4.69) is 36.3 Å². The fourth-order valence-corrected chi connectivity index (χ4v) is 2.40. The minimum atomic E-state index is 0.401. The summed E-state index contributed by atoms with van der Waals surface area (Å²) in [6.45, 7) is 4.67. The molecule has 2 nitrogen and oxygen atoms in total. The van der Waals surface area contributed by atoms with Gasteiger partial charge in [0.15, 0.2) is 0 Å². The number of aryl methyl sites for hydroxylation is 2. The SMILES string of the molecule is Cc1ccc(Cn2nc(C)c(CCl)c2Cl)cc1. The lowest BCUT2D eigenvalue weighted by atomic mass is 10.1. The van der Waals surface area contributed by atoms with E-state index < -0.39 is 0 Å². The Hall–Kier alpha value is -0.990. The minimum absolute atomic E-state index is 0.401. The summed E-state index contributed by atoms with van der Waals surface area (Å²) in [7, 11) is 0. The zero-order chi connectivity index (χ0) is 12.4. The average Bonchev–Trinajstić information content (AvgIpc) is 2.57. The van der Waals surface area contributed by atoms with Crippen molar-refractivity contribution in [2.75, 3.05) is 0 Å². The Morgan fingerprint density at radius 3 is 2.35 bits per heavy atom. The highest BCUT2D eigenvalue weighted by molar-refractivity contribution is 6.31. The fraction of sp³-hybridized carbons (Fsp3) is 0.308. The number of rotatable bonds is 3. The van der Waals surface area contributed by atoms with Gasteiger partial charge in [0.2, 0.25) is 0 Å². The fourth-order valence-electron chi connectivity index (χ4n) is 1.71. The molecule has 1 heterocycles. The highest BCUT2D eigenvalue weighted by Crippen LogP contribution is 2.22. The molecule has 0 N–H and O–H groups in total. The van der Waals surface area contributed by atoms with Gasteiger partial charge in [0.05, 0.1) is 18.1 Å². The second kappa shape index (κ2) is 5.11. The van der Waals surface area contributed by atoms with Gasteiger partial charge < -0.3 is 0 Å². The van der Waals surface area contributed by atoms with Crippen LogP contribution in [-0.2, 0) is 12.4 Å². The van der Waals surface area contributed by atoms with Crippen LogP contribution in [0.3, 0.4) is 0 Å².